The predicted octanol–water partition coefficient (Wildman–Crippen LogP) is 3.17. The summed E-state index contributed by atoms with van der Waals surface area (Å²) in [6, 6.07) is 4.81. The Morgan fingerprint density at radius 1 is 1.50 bits per heavy atom. The van der Waals surface area contributed by atoms with E-state index in [4.69, 9.17) is 16.3 Å². The molecule has 0 heterocycles. The molecule has 1 unspecified atom stereocenters. The second-order valence-corrected chi connectivity index (χ2v) is 4.04. The van der Waals surface area contributed by atoms with Crippen molar-refractivity contribution in [1.82, 2.24) is 5.32 Å². The van der Waals surface area contributed by atoms with E-state index in [1.165, 1.54) is 6.07 Å². The third kappa shape index (κ3) is 3.74. The molecule has 0 aliphatic rings. The van der Waals surface area contributed by atoms with Gasteiger partial charge in [-0.15, -0.1) is 0 Å². The number of rotatable bonds is 6. The van der Waals surface area contributed by atoms with Crippen LogP contribution >= 0.6 is 11.6 Å². The van der Waals surface area contributed by atoms with Crippen molar-refractivity contribution in [3.8, 4) is 0 Å². The molecule has 1 atom stereocenters. The molecule has 0 saturated carbocycles. The number of hydrogen-bond acceptors (Lipinski definition) is 2. The number of methoxy groups -OCH3 is 1. The van der Waals surface area contributed by atoms with Crippen LogP contribution in [0.25, 0.3) is 0 Å². The Kier molecular flexibility index (Phi) is 5.74. The van der Waals surface area contributed by atoms with Crippen LogP contribution in [-0.4, -0.2) is 20.3 Å². The molecule has 90 valence electrons. The molecule has 1 N–H and O–H groups in total. The van der Waals surface area contributed by atoms with E-state index in [0.717, 1.165) is 18.5 Å². The monoisotopic (exact) mass is 245 g/mol. The Bertz CT molecular complexity index is 333. The molecule has 0 saturated heterocycles. The highest BCUT2D eigenvalue weighted by Crippen LogP contribution is 2.21. The van der Waals surface area contributed by atoms with E-state index in [0.29, 0.717) is 6.61 Å². The van der Waals surface area contributed by atoms with Gasteiger partial charge in [0.05, 0.1) is 17.7 Å². The van der Waals surface area contributed by atoms with Gasteiger partial charge in [-0.2, -0.15) is 0 Å². The van der Waals surface area contributed by atoms with E-state index in [1.54, 1.807) is 19.2 Å². The number of nitrogens with one attached hydrogen (secondary N) is 1. The zero-order chi connectivity index (χ0) is 12.0. The van der Waals surface area contributed by atoms with Gasteiger partial charge < -0.3 is 10.1 Å². The largest absolute Gasteiger partial charge is 0.383 e. The number of hydrogen-bond donors (Lipinski definition) is 1. The van der Waals surface area contributed by atoms with E-state index >= 15 is 0 Å². The molecule has 0 aliphatic carbocycles. The highest BCUT2D eigenvalue weighted by molar-refractivity contribution is 6.30. The second-order valence-electron chi connectivity index (χ2n) is 3.64. The van der Waals surface area contributed by atoms with E-state index in [9.17, 15) is 4.39 Å². The van der Waals surface area contributed by atoms with Crippen LogP contribution in [-0.2, 0) is 4.74 Å². The Morgan fingerprint density at radius 3 is 2.81 bits per heavy atom. The maximum Gasteiger partial charge on any atom is 0.141 e. The topological polar surface area (TPSA) is 21.3 Å². The first-order valence-corrected chi connectivity index (χ1v) is 5.74. The molecule has 1 aromatic rings. The summed E-state index contributed by atoms with van der Waals surface area (Å²) in [4.78, 5) is 0. The summed E-state index contributed by atoms with van der Waals surface area (Å²) in [6.45, 7) is 3.53. The molecule has 0 aliphatic heterocycles. The molecule has 1 rings (SSSR count). The van der Waals surface area contributed by atoms with E-state index < -0.39 is 5.82 Å². The quantitative estimate of drug-likeness (QED) is 0.831. The fourth-order valence-electron chi connectivity index (χ4n) is 1.49. The standard InChI is InChI=1S/C12H17ClFNO/c1-3-6-15-12(8-16-2)9-4-5-11(14)10(13)7-9/h4-5,7,12,15H,3,6,8H2,1-2H3. The first kappa shape index (κ1) is 13.4. The van der Waals surface area contributed by atoms with E-state index in [-0.39, 0.29) is 11.1 Å². The van der Waals surface area contributed by atoms with Crippen LogP contribution in [0.4, 0.5) is 4.39 Å². The van der Waals surface area contributed by atoms with Crippen LogP contribution in [0.2, 0.25) is 5.02 Å². The van der Waals surface area contributed by atoms with Gasteiger partial charge in [-0.1, -0.05) is 24.6 Å². The summed E-state index contributed by atoms with van der Waals surface area (Å²) in [6.07, 6.45) is 1.04. The summed E-state index contributed by atoms with van der Waals surface area (Å²) >= 11 is 5.75. The van der Waals surface area contributed by atoms with Crippen molar-refractivity contribution >= 4 is 11.6 Å². The highest BCUT2D eigenvalue weighted by atomic mass is 35.5. The van der Waals surface area contributed by atoms with E-state index in [2.05, 4.69) is 12.2 Å². The van der Waals surface area contributed by atoms with Crippen LogP contribution in [0.15, 0.2) is 18.2 Å². The maximum absolute atomic E-state index is 13.0. The first-order valence-electron chi connectivity index (χ1n) is 5.36. The van der Waals surface area contributed by atoms with Crippen LogP contribution in [0.1, 0.15) is 24.9 Å². The normalized spacial score (nSPS) is 12.8. The molecule has 0 spiro atoms. The lowest BCUT2D eigenvalue weighted by molar-refractivity contribution is 0.167. The second kappa shape index (κ2) is 6.84. The molecule has 1 aromatic carbocycles. The minimum Gasteiger partial charge on any atom is -0.383 e. The SMILES string of the molecule is CCCNC(COC)c1ccc(F)c(Cl)c1. The van der Waals surface area contributed by atoms with Gasteiger partial charge in [0.25, 0.3) is 0 Å². The fraction of sp³-hybridized carbons (Fsp3) is 0.500. The zero-order valence-electron chi connectivity index (χ0n) is 9.59. The lowest BCUT2D eigenvalue weighted by Crippen LogP contribution is -2.25. The third-order valence-corrected chi connectivity index (χ3v) is 2.61. The van der Waals surface area contributed by atoms with Crippen molar-refractivity contribution in [2.45, 2.75) is 19.4 Å². The molecule has 0 bridgehead atoms. The van der Waals surface area contributed by atoms with Crippen LogP contribution in [0, 0.1) is 5.82 Å². The maximum atomic E-state index is 13.0. The van der Waals surface area contributed by atoms with Crippen molar-refractivity contribution in [2.24, 2.45) is 0 Å². The Morgan fingerprint density at radius 2 is 2.25 bits per heavy atom. The van der Waals surface area contributed by atoms with Gasteiger partial charge in [0.1, 0.15) is 5.82 Å². The van der Waals surface area contributed by atoms with Gasteiger partial charge in [-0.3, -0.25) is 0 Å². The Balaban J connectivity index is 2.78. The van der Waals surface area contributed by atoms with Gasteiger partial charge in [0.15, 0.2) is 0 Å². The lowest BCUT2D eigenvalue weighted by Gasteiger charge is -2.18. The minimum absolute atomic E-state index is 0.0584. The number of ether oxygens (including phenoxy) is 1. The predicted molar refractivity (Wildman–Crippen MR) is 64.3 cm³/mol. The Hall–Kier alpha value is -0.640. The molecular formula is C12H17ClFNO. The summed E-state index contributed by atoms with van der Waals surface area (Å²) in [5, 5.41) is 3.48. The summed E-state index contributed by atoms with van der Waals surface area (Å²) in [7, 11) is 1.64. The van der Waals surface area contributed by atoms with Crippen molar-refractivity contribution in [3.05, 3.63) is 34.6 Å². The minimum atomic E-state index is -0.392. The lowest BCUT2D eigenvalue weighted by atomic mass is 10.1. The smallest absolute Gasteiger partial charge is 0.141 e. The van der Waals surface area contributed by atoms with Gasteiger partial charge in [0, 0.05) is 7.11 Å². The van der Waals surface area contributed by atoms with E-state index in [1.807, 2.05) is 0 Å². The van der Waals surface area contributed by atoms with Crippen LogP contribution in [0.5, 0.6) is 0 Å². The molecule has 0 amide bonds. The van der Waals surface area contributed by atoms with Gasteiger partial charge in [-0.25, -0.2) is 4.39 Å². The average molecular weight is 246 g/mol. The Labute approximate surface area is 101 Å². The molecule has 4 heteroatoms. The zero-order valence-corrected chi connectivity index (χ0v) is 10.4. The van der Waals surface area contributed by atoms with Crippen molar-refractivity contribution in [1.29, 1.82) is 0 Å². The first-order chi connectivity index (χ1) is 7.69. The van der Waals surface area contributed by atoms with Gasteiger partial charge in [-0.05, 0) is 30.7 Å². The summed E-state index contributed by atoms with van der Waals surface area (Å²) in [5.41, 5.74) is 0.946. The third-order valence-electron chi connectivity index (χ3n) is 2.32. The number of halogens is 2. The number of benzene rings is 1. The molecule has 0 radical (unpaired) electrons. The van der Waals surface area contributed by atoms with Crippen molar-refractivity contribution in [2.75, 3.05) is 20.3 Å². The van der Waals surface area contributed by atoms with Gasteiger partial charge >= 0.3 is 0 Å². The molecule has 16 heavy (non-hydrogen) atoms. The van der Waals surface area contributed by atoms with Crippen molar-refractivity contribution in [3.63, 3.8) is 0 Å². The van der Waals surface area contributed by atoms with Crippen LogP contribution in [0.3, 0.4) is 0 Å². The van der Waals surface area contributed by atoms with Crippen molar-refractivity contribution < 1.29 is 9.13 Å². The molecule has 0 fully saturated rings. The molecule has 0 aromatic heterocycles. The molecule has 2 nitrogen and oxygen atoms in total. The summed E-state index contributed by atoms with van der Waals surface area (Å²) < 4.78 is 18.1. The van der Waals surface area contributed by atoms with Gasteiger partial charge in [0.2, 0.25) is 0 Å². The fourth-order valence-corrected chi connectivity index (χ4v) is 1.68. The molecular weight excluding hydrogens is 229 g/mol. The highest BCUT2D eigenvalue weighted by Gasteiger charge is 2.11. The average Bonchev–Trinajstić information content (AvgIpc) is 2.28. The summed E-state index contributed by atoms with van der Waals surface area (Å²) in [5.74, 6) is -0.392. The van der Waals surface area contributed by atoms with Crippen LogP contribution < -0.4 is 5.32 Å².